The minimum atomic E-state index is -0.250. The lowest BCUT2D eigenvalue weighted by molar-refractivity contribution is -0.122. The summed E-state index contributed by atoms with van der Waals surface area (Å²) in [4.78, 5) is 17.4. The summed E-state index contributed by atoms with van der Waals surface area (Å²) in [5, 5.41) is 25.0. The van der Waals surface area contributed by atoms with Gasteiger partial charge >= 0.3 is 0 Å². The van der Waals surface area contributed by atoms with Crippen LogP contribution in [0.4, 0.5) is 0 Å². The fraction of sp³-hybridized carbons (Fsp3) is 0.208. The Kier molecular flexibility index (Phi) is 7.01. The van der Waals surface area contributed by atoms with Gasteiger partial charge < -0.3 is 15.2 Å². The molecule has 1 aliphatic rings. The Morgan fingerprint density at radius 3 is 2.79 bits per heavy atom. The second kappa shape index (κ2) is 10.3. The topological polar surface area (TPSA) is 125 Å². The van der Waals surface area contributed by atoms with E-state index in [0.29, 0.717) is 27.9 Å². The molecule has 34 heavy (non-hydrogen) atoms. The molecule has 0 saturated carbocycles. The molecule has 0 aliphatic carbocycles. The molecule has 3 aromatic heterocycles. The molecular formula is C24H21ClN6O3. The number of halogens is 1. The number of carbonyl (C=O) groups is 1. The number of hydrogen-bond donors (Lipinski definition) is 2. The van der Waals surface area contributed by atoms with Crippen molar-refractivity contribution < 1.29 is 14.6 Å². The van der Waals surface area contributed by atoms with Gasteiger partial charge in [0.2, 0.25) is 5.88 Å². The monoisotopic (exact) mass is 476 g/mol. The highest BCUT2D eigenvalue weighted by atomic mass is 35.5. The molecule has 0 amide bonds. The molecule has 1 aliphatic heterocycles. The van der Waals surface area contributed by atoms with Crippen LogP contribution in [0.2, 0.25) is 5.15 Å². The molecule has 0 unspecified atom stereocenters. The third kappa shape index (κ3) is 4.83. The van der Waals surface area contributed by atoms with Crippen molar-refractivity contribution in [2.75, 3.05) is 13.1 Å². The van der Waals surface area contributed by atoms with Crippen molar-refractivity contribution in [3.63, 3.8) is 0 Å². The summed E-state index contributed by atoms with van der Waals surface area (Å²) in [5.74, 6) is 0.541. The smallest absolute Gasteiger partial charge is 0.290 e. The first-order valence-corrected chi connectivity index (χ1v) is 10.9. The first kappa shape index (κ1) is 23.2. The van der Waals surface area contributed by atoms with Crippen LogP contribution in [-0.4, -0.2) is 50.4 Å². The molecule has 0 radical (unpaired) electrons. The summed E-state index contributed by atoms with van der Waals surface area (Å²) in [6.45, 7) is 3.38. The van der Waals surface area contributed by atoms with Gasteiger partial charge in [0.05, 0.1) is 17.2 Å². The number of nitrogens with zero attached hydrogens (tertiary/aromatic N) is 5. The second-order valence-electron chi connectivity index (χ2n) is 7.57. The van der Waals surface area contributed by atoms with Crippen LogP contribution in [0.3, 0.4) is 0 Å². The minimum absolute atomic E-state index is 0.0951. The van der Waals surface area contributed by atoms with Gasteiger partial charge in [0.15, 0.2) is 5.65 Å². The molecule has 0 spiro atoms. The number of nitrogens with one attached hydrogen (secondary N) is 1. The van der Waals surface area contributed by atoms with Gasteiger partial charge in [0.1, 0.15) is 17.0 Å². The van der Waals surface area contributed by atoms with Crippen LogP contribution in [0.1, 0.15) is 17.7 Å². The zero-order valence-corrected chi connectivity index (χ0v) is 19.0. The van der Waals surface area contributed by atoms with E-state index in [1.54, 1.807) is 16.6 Å². The Balaban J connectivity index is 0.000000868. The maximum atomic E-state index is 9.65. The van der Waals surface area contributed by atoms with E-state index in [-0.39, 0.29) is 12.6 Å². The maximum absolute atomic E-state index is 9.65. The zero-order valence-electron chi connectivity index (χ0n) is 18.3. The number of pyridine rings is 1. The predicted molar refractivity (Wildman–Crippen MR) is 127 cm³/mol. The molecule has 1 atom stereocenters. The fourth-order valence-corrected chi connectivity index (χ4v) is 4.14. The minimum Gasteiger partial charge on any atom is -0.483 e. The third-order valence-electron chi connectivity index (χ3n) is 5.28. The summed E-state index contributed by atoms with van der Waals surface area (Å²) in [6.07, 6.45) is 2.87. The number of carboxylic acid groups (broad SMARTS) is 1. The van der Waals surface area contributed by atoms with Crippen LogP contribution >= 0.6 is 11.6 Å². The molecular weight excluding hydrogens is 456 g/mol. The van der Waals surface area contributed by atoms with Crippen LogP contribution < -0.4 is 10.1 Å². The quantitative estimate of drug-likeness (QED) is 0.337. The van der Waals surface area contributed by atoms with Gasteiger partial charge in [0.25, 0.3) is 6.47 Å². The standard InChI is InChI=1S/C23H19ClN6O.CH2O2/c1-14-10-16(11-19(24)27-14)21-22(18-5-3-2-4-15(18)12-25)29-30-9-7-20(28-23(21)30)31-17-6-8-26-13-17;2-1-3/h2-5,7,9-11,17,26H,6,8,13H2,1H3;1H,(H,2,3)/t17-;/m1./s1. The molecule has 1 fully saturated rings. The summed E-state index contributed by atoms with van der Waals surface area (Å²) in [6, 6.07) is 15.2. The molecule has 1 aromatic carbocycles. The lowest BCUT2D eigenvalue weighted by Gasteiger charge is -2.11. The summed E-state index contributed by atoms with van der Waals surface area (Å²) in [7, 11) is 0. The normalized spacial score (nSPS) is 14.8. The predicted octanol–water partition coefficient (Wildman–Crippen LogP) is 3.73. The summed E-state index contributed by atoms with van der Waals surface area (Å²) >= 11 is 6.28. The molecule has 5 rings (SSSR count). The summed E-state index contributed by atoms with van der Waals surface area (Å²) < 4.78 is 7.79. The molecule has 9 nitrogen and oxygen atoms in total. The third-order valence-corrected chi connectivity index (χ3v) is 5.47. The number of aryl methyl sites for hydroxylation is 1. The van der Waals surface area contributed by atoms with E-state index >= 15 is 0 Å². The van der Waals surface area contributed by atoms with Gasteiger partial charge in [0, 0.05) is 30.1 Å². The Labute approximate surface area is 200 Å². The van der Waals surface area contributed by atoms with Gasteiger partial charge in [-0.05, 0) is 43.7 Å². The molecule has 4 heterocycles. The number of fused-ring (bicyclic) bond motifs is 1. The van der Waals surface area contributed by atoms with E-state index in [0.717, 1.165) is 41.9 Å². The first-order valence-electron chi connectivity index (χ1n) is 10.5. The van der Waals surface area contributed by atoms with Crippen LogP contribution in [0.5, 0.6) is 5.88 Å². The molecule has 1 saturated heterocycles. The van der Waals surface area contributed by atoms with Crippen molar-refractivity contribution in [2.45, 2.75) is 19.4 Å². The van der Waals surface area contributed by atoms with Crippen LogP contribution in [0.25, 0.3) is 28.0 Å². The number of nitriles is 1. The van der Waals surface area contributed by atoms with E-state index in [9.17, 15) is 5.26 Å². The van der Waals surface area contributed by atoms with Crippen molar-refractivity contribution in [1.82, 2.24) is 24.9 Å². The van der Waals surface area contributed by atoms with E-state index in [2.05, 4.69) is 16.4 Å². The van der Waals surface area contributed by atoms with Gasteiger partial charge in [-0.3, -0.25) is 4.79 Å². The Bertz CT molecular complexity index is 1350. The SMILES string of the molecule is Cc1cc(-c2c(-c3ccccc3C#N)nn3ccc(O[C@@H]4CCNC4)nc23)cc(Cl)n1.O=CO. The highest BCUT2D eigenvalue weighted by Gasteiger charge is 2.22. The van der Waals surface area contributed by atoms with Gasteiger partial charge in [-0.25, -0.2) is 9.50 Å². The molecule has 10 heteroatoms. The van der Waals surface area contributed by atoms with Crippen molar-refractivity contribution in [1.29, 1.82) is 5.26 Å². The lowest BCUT2D eigenvalue weighted by atomic mass is 9.98. The Hall–Kier alpha value is -4.00. The van der Waals surface area contributed by atoms with Gasteiger partial charge in [-0.2, -0.15) is 15.3 Å². The van der Waals surface area contributed by atoms with E-state index in [1.807, 2.05) is 43.5 Å². The fourth-order valence-electron chi connectivity index (χ4n) is 3.89. The first-order chi connectivity index (χ1) is 16.5. The van der Waals surface area contributed by atoms with E-state index in [4.69, 9.17) is 36.3 Å². The molecule has 0 bridgehead atoms. The Morgan fingerprint density at radius 1 is 1.29 bits per heavy atom. The molecule has 172 valence electrons. The van der Waals surface area contributed by atoms with Crippen molar-refractivity contribution in [2.24, 2.45) is 0 Å². The second-order valence-corrected chi connectivity index (χ2v) is 7.96. The Morgan fingerprint density at radius 2 is 2.09 bits per heavy atom. The number of aromatic nitrogens is 4. The van der Waals surface area contributed by atoms with Gasteiger partial charge in [-0.15, -0.1) is 0 Å². The molecule has 2 N–H and O–H groups in total. The zero-order chi connectivity index (χ0) is 24.1. The van der Waals surface area contributed by atoms with Crippen molar-refractivity contribution >= 4 is 23.7 Å². The van der Waals surface area contributed by atoms with Crippen LogP contribution in [-0.2, 0) is 4.79 Å². The number of ether oxygens (including phenoxy) is 1. The van der Waals surface area contributed by atoms with Crippen LogP contribution in [0, 0.1) is 18.3 Å². The average Bonchev–Trinajstić information content (AvgIpc) is 3.46. The number of rotatable bonds is 4. The van der Waals surface area contributed by atoms with E-state index in [1.165, 1.54) is 0 Å². The van der Waals surface area contributed by atoms with Crippen molar-refractivity contribution in [3.05, 3.63) is 65.1 Å². The van der Waals surface area contributed by atoms with Crippen LogP contribution in [0.15, 0.2) is 48.7 Å². The highest BCUT2D eigenvalue weighted by molar-refractivity contribution is 6.29. The summed E-state index contributed by atoms with van der Waals surface area (Å²) in [5.41, 5.74) is 4.97. The largest absolute Gasteiger partial charge is 0.483 e. The highest BCUT2D eigenvalue weighted by Crippen LogP contribution is 2.37. The number of hydrogen-bond acceptors (Lipinski definition) is 7. The molecule has 4 aromatic rings. The van der Waals surface area contributed by atoms with Crippen molar-refractivity contribution in [3.8, 4) is 34.3 Å². The maximum Gasteiger partial charge on any atom is 0.290 e. The van der Waals surface area contributed by atoms with Gasteiger partial charge in [-0.1, -0.05) is 29.8 Å². The average molecular weight is 477 g/mol. The lowest BCUT2D eigenvalue weighted by Crippen LogP contribution is -2.20. The van der Waals surface area contributed by atoms with E-state index < -0.39 is 0 Å². The number of benzene rings is 1.